The van der Waals surface area contributed by atoms with Gasteiger partial charge in [0.05, 0.1) is 7.11 Å². The Balaban J connectivity index is 2.00. The number of hydrogen-bond acceptors (Lipinski definition) is 5. The first-order chi connectivity index (χ1) is 10.2. The summed E-state index contributed by atoms with van der Waals surface area (Å²) in [5.74, 6) is 0.835. The first-order valence-electron chi connectivity index (χ1n) is 6.50. The van der Waals surface area contributed by atoms with Crippen molar-refractivity contribution in [2.45, 2.75) is 13.1 Å². The summed E-state index contributed by atoms with van der Waals surface area (Å²) < 4.78 is 5.19. The van der Waals surface area contributed by atoms with Crippen LogP contribution in [0.4, 0.5) is 0 Å². The predicted octanol–water partition coefficient (Wildman–Crippen LogP) is 1.47. The molecule has 21 heavy (non-hydrogen) atoms. The molecule has 0 aliphatic rings. The Morgan fingerprint density at radius 3 is 2.95 bits per heavy atom. The Labute approximate surface area is 123 Å². The summed E-state index contributed by atoms with van der Waals surface area (Å²) >= 11 is 0. The molecule has 0 fully saturated rings. The van der Waals surface area contributed by atoms with Gasteiger partial charge in [-0.15, -0.1) is 0 Å². The Morgan fingerprint density at radius 2 is 2.19 bits per heavy atom. The number of nitrogens with one attached hydrogen (secondary N) is 1. The smallest absolute Gasteiger partial charge is 0.189 e. The van der Waals surface area contributed by atoms with Gasteiger partial charge in [0.15, 0.2) is 5.84 Å². The second-order valence-corrected chi connectivity index (χ2v) is 4.45. The largest absolute Gasteiger partial charge is 0.497 e. The molecule has 2 aromatic rings. The third-order valence-electron chi connectivity index (χ3n) is 3.02. The van der Waals surface area contributed by atoms with E-state index in [1.165, 1.54) is 0 Å². The zero-order valence-electron chi connectivity index (χ0n) is 11.8. The third-order valence-corrected chi connectivity index (χ3v) is 3.02. The number of hydrogen-bond donors (Lipinski definition) is 3. The average Bonchev–Trinajstić information content (AvgIpc) is 2.55. The van der Waals surface area contributed by atoms with Crippen molar-refractivity contribution in [2.75, 3.05) is 7.11 Å². The minimum atomic E-state index is 0.00813. The fourth-order valence-corrected chi connectivity index (χ4v) is 1.98. The van der Waals surface area contributed by atoms with E-state index in [0.717, 1.165) is 16.9 Å². The number of rotatable bonds is 6. The van der Waals surface area contributed by atoms with Crippen LogP contribution in [0, 0.1) is 0 Å². The molecule has 6 heteroatoms. The van der Waals surface area contributed by atoms with Crippen LogP contribution in [-0.2, 0) is 13.1 Å². The van der Waals surface area contributed by atoms with E-state index in [1.54, 1.807) is 13.3 Å². The van der Waals surface area contributed by atoms with Gasteiger partial charge in [-0.3, -0.25) is 4.98 Å². The molecule has 1 aromatic carbocycles. The van der Waals surface area contributed by atoms with Crippen molar-refractivity contribution in [2.24, 2.45) is 10.9 Å². The SMILES string of the molecule is COc1cccc(CNCc2cccnc2C(N)=NO)c1. The van der Waals surface area contributed by atoms with Crippen LogP contribution in [-0.4, -0.2) is 23.1 Å². The molecule has 0 atom stereocenters. The lowest BCUT2D eigenvalue weighted by Gasteiger charge is -2.09. The van der Waals surface area contributed by atoms with Crippen LogP contribution >= 0.6 is 0 Å². The highest BCUT2D eigenvalue weighted by atomic mass is 16.5. The Hall–Kier alpha value is -2.60. The molecule has 0 radical (unpaired) electrons. The summed E-state index contributed by atoms with van der Waals surface area (Å²) in [6.07, 6.45) is 1.61. The lowest BCUT2D eigenvalue weighted by atomic mass is 10.1. The molecule has 0 aliphatic carbocycles. The van der Waals surface area contributed by atoms with E-state index in [9.17, 15) is 0 Å². The predicted molar refractivity (Wildman–Crippen MR) is 80.3 cm³/mol. The van der Waals surface area contributed by atoms with Gasteiger partial charge in [-0.25, -0.2) is 0 Å². The molecule has 0 amide bonds. The molecule has 1 aromatic heterocycles. The van der Waals surface area contributed by atoms with E-state index in [0.29, 0.717) is 18.8 Å². The number of methoxy groups -OCH3 is 1. The number of amidine groups is 1. The van der Waals surface area contributed by atoms with E-state index in [-0.39, 0.29) is 5.84 Å². The lowest BCUT2D eigenvalue weighted by molar-refractivity contribution is 0.318. The van der Waals surface area contributed by atoms with Gasteiger partial charge in [-0.1, -0.05) is 23.4 Å². The molecule has 1 heterocycles. The summed E-state index contributed by atoms with van der Waals surface area (Å²) in [5.41, 5.74) is 8.08. The molecular formula is C15H18N4O2. The van der Waals surface area contributed by atoms with Crippen LogP contribution in [0.25, 0.3) is 0 Å². The molecule has 0 bridgehead atoms. The zero-order chi connectivity index (χ0) is 15.1. The lowest BCUT2D eigenvalue weighted by Crippen LogP contribution is -2.21. The maximum absolute atomic E-state index is 8.76. The van der Waals surface area contributed by atoms with E-state index < -0.39 is 0 Å². The normalized spacial score (nSPS) is 11.4. The molecule has 0 saturated heterocycles. The molecule has 0 unspecified atom stereocenters. The number of ether oxygens (including phenoxy) is 1. The van der Waals surface area contributed by atoms with Crippen LogP contribution in [0.1, 0.15) is 16.8 Å². The molecule has 2 rings (SSSR count). The Kier molecular flexibility index (Phi) is 5.11. The van der Waals surface area contributed by atoms with Crippen molar-refractivity contribution < 1.29 is 9.94 Å². The summed E-state index contributed by atoms with van der Waals surface area (Å²) in [5, 5.41) is 15.1. The second kappa shape index (κ2) is 7.25. The van der Waals surface area contributed by atoms with Gasteiger partial charge in [-0.2, -0.15) is 0 Å². The fraction of sp³-hybridized carbons (Fsp3) is 0.200. The van der Waals surface area contributed by atoms with Crippen LogP contribution in [0.15, 0.2) is 47.8 Å². The summed E-state index contributed by atoms with van der Waals surface area (Å²) in [4.78, 5) is 4.13. The average molecular weight is 286 g/mol. The van der Waals surface area contributed by atoms with Gasteiger partial charge in [-0.05, 0) is 29.3 Å². The molecule has 0 spiro atoms. The number of nitrogens with two attached hydrogens (primary N) is 1. The van der Waals surface area contributed by atoms with Crippen molar-refractivity contribution in [3.63, 3.8) is 0 Å². The first kappa shape index (κ1) is 14.8. The topological polar surface area (TPSA) is 92.8 Å². The van der Waals surface area contributed by atoms with E-state index in [2.05, 4.69) is 15.5 Å². The van der Waals surface area contributed by atoms with Gasteiger partial charge in [0.1, 0.15) is 11.4 Å². The number of nitrogens with zero attached hydrogens (tertiary/aromatic N) is 2. The maximum Gasteiger partial charge on any atom is 0.189 e. The standard InChI is InChI=1S/C15H18N4O2/c1-21-13-6-2-4-11(8-13)9-17-10-12-5-3-7-18-14(12)15(16)19-20/h2-8,17,20H,9-10H2,1H3,(H2,16,19). The number of oxime groups is 1. The summed E-state index contributed by atoms with van der Waals surface area (Å²) in [7, 11) is 1.64. The highest BCUT2D eigenvalue weighted by molar-refractivity contribution is 5.96. The zero-order valence-corrected chi connectivity index (χ0v) is 11.8. The maximum atomic E-state index is 8.76. The van der Waals surface area contributed by atoms with Crippen LogP contribution in [0.2, 0.25) is 0 Å². The number of pyridine rings is 1. The first-order valence-corrected chi connectivity index (χ1v) is 6.50. The highest BCUT2D eigenvalue weighted by Crippen LogP contribution is 2.12. The monoisotopic (exact) mass is 286 g/mol. The summed E-state index contributed by atoms with van der Waals surface area (Å²) in [6, 6.07) is 11.5. The van der Waals surface area contributed by atoms with Gasteiger partial charge in [0.25, 0.3) is 0 Å². The highest BCUT2D eigenvalue weighted by Gasteiger charge is 2.07. The van der Waals surface area contributed by atoms with Crippen LogP contribution < -0.4 is 15.8 Å². The molecule has 6 nitrogen and oxygen atoms in total. The van der Waals surface area contributed by atoms with Gasteiger partial charge < -0.3 is 21.0 Å². The molecule has 0 saturated carbocycles. The molecule has 0 aliphatic heterocycles. The van der Waals surface area contributed by atoms with Crippen molar-refractivity contribution in [1.82, 2.24) is 10.3 Å². The Morgan fingerprint density at radius 1 is 1.33 bits per heavy atom. The molecule has 110 valence electrons. The third kappa shape index (κ3) is 3.93. The van der Waals surface area contributed by atoms with Crippen LogP contribution in [0.3, 0.4) is 0 Å². The van der Waals surface area contributed by atoms with E-state index >= 15 is 0 Å². The summed E-state index contributed by atoms with van der Waals surface area (Å²) in [6.45, 7) is 1.25. The van der Waals surface area contributed by atoms with Gasteiger partial charge in [0.2, 0.25) is 0 Å². The minimum absolute atomic E-state index is 0.00813. The number of benzene rings is 1. The van der Waals surface area contributed by atoms with Crippen molar-refractivity contribution >= 4 is 5.84 Å². The van der Waals surface area contributed by atoms with E-state index in [1.807, 2.05) is 36.4 Å². The fourth-order valence-electron chi connectivity index (χ4n) is 1.98. The van der Waals surface area contributed by atoms with Crippen molar-refractivity contribution in [1.29, 1.82) is 0 Å². The number of aromatic nitrogens is 1. The molecular weight excluding hydrogens is 268 g/mol. The van der Waals surface area contributed by atoms with Gasteiger partial charge in [0, 0.05) is 19.3 Å². The van der Waals surface area contributed by atoms with Crippen molar-refractivity contribution in [3.05, 3.63) is 59.4 Å². The Bertz CT molecular complexity index is 629. The van der Waals surface area contributed by atoms with Gasteiger partial charge >= 0.3 is 0 Å². The minimum Gasteiger partial charge on any atom is -0.497 e. The quantitative estimate of drug-likeness (QED) is 0.324. The van der Waals surface area contributed by atoms with E-state index in [4.69, 9.17) is 15.7 Å². The molecule has 4 N–H and O–H groups in total. The second-order valence-electron chi connectivity index (χ2n) is 4.45. The van der Waals surface area contributed by atoms with Crippen molar-refractivity contribution in [3.8, 4) is 5.75 Å². The van der Waals surface area contributed by atoms with Crippen LogP contribution in [0.5, 0.6) is 5.75 Å².